The van der Waals surface area contributed by atoms with Gasteiger partial charge in [-0.15, -0.1) is 0 Å². The monoisotopic (exact) mass is 278 g/mol. The van der Waals surface area contributed by atoms with E-state index in [1.54, 1.807) is 6.20 Å². The molecule has 0 aromatic carbocycles. The lowest BCUT2D eigenvalue weighted by Gasteiger charge is -2.35. The van der Waals surface area contributed by atoms with Gasteiger partial charge in [0.2, 0.25) is 0 Å². The van der Waals surface area contributed by atoms with E-state index < -0.39 is 0 Å². The fraction of sp³-hybridized carbons (Fsp3) is 0.571. The second-order valence-electron chi connectivity index (χ2n) is 5.49. The van der Waals surface area contributed by atoms with Crippen LogP contribution in [-0.2, 0) is 0 Å². The van der Waals surface area contributed by atoms with E-state index in [1.165, 1.54) is 0 Å². The van der Waals surface area contributed by atoms with Crippen molar-refractivity contribution >= 4 is 23.0 Å². The van der Waals surface area contributed by atoms with E-state index in [0.29, 0.717) is 16.9 Å². The highest BCUT2D eigenvalue weighted by Gasteiger charge is 2.25. The van der Waals surface area contributed by atoms with Gasteiger partial charge < -0.3 is 16.0 Å². The average Bonchev–Trinajstić information content (AvgIpc) is 2.32. The molecule has 3 N–H and O–H groups in total. The van der Waals surface area contributed by atoms with Gasteiger partial charge in [-0.1, -0.05) is 19.1 Å². The number of nitrogens with two attached hydrogens (primary N) is 1. The van der Waals surface area contributed by atoms with E-state index in [2.05, 4.69) is 29.2 Å². The third kappa shape index (κ3) is 3.22. The second-order valence-corrected chi connectivity index (χ2v) is 5.93. The van der Waals surface area contributed by atoms with Gasteiger partial charge in [-0.2, -0.15) is 0 Å². The summed E-state index contributed by atoms with van der Waals surface area (Å²) in [4.78, 5) is 7.19. The van der Waals surface area contributed by atoms with Crippen LogP contribution in [0.15, 0.2) is 12.3 Å². The summed E-state index contributed by atoms with van der Waals surface area (Å²) in [5.41, 5.74) is 7.77. The first-order valence-electron chi connectivity index (χ1n) is 6.69. The number of nitrogens with one attached hydrogen (secondary N) is 1. The van der Waals surface area contributed by atoms with E-state index >= 15 is 0 Å². The zero-order chi connectivity index (χ0) is 14.0. The fourth-order valence-corrected chi connectivity index (χ4v) is 2.98. The minimum atomic E-state index is 0.411. The van der Waals surface area contributed by atoms with Gasteiger partial charge >= 0.3 is 0 Å². The van der Waals surface area contributed by atoms with E-state index in [0.717, 1.165) is 36.5 Å². The lowest BCUT2D eigenvalue weighted by Crippen LogP contribution is -2.43. The molecular weight excluding hydrogens is 256 g/mol. The van der Waals surface area contributed by atoms with Crippen molar-refractivity contribution in [2.45, 2.75) is 26.3 Å². The van der Waals surface area contributed by atoms with Crippen molar-refractivity contribution in [3.05, 3.63) is 23.4 Å². The number of likely N-dealkylation sites (tertiary alicyclic amines) is 1. The molecule has 1 aliphatic rings. The molecule has 0 saturated carbocycles. The Morgan fingerprint density at radius 3 is 2.95 bits per heavy atom. The Kier molecular flexibility index (Phi) is 4.37. The first-order valence-corrected chi connectivity index (χ1v) is 7.10. The number of hydrogen-bond acceptors (Lipinski definition) is 4. The molecule has 19 heavy (non-hydrogen) atoms. The molecule has 2 unspecified atom stereocenters. The average molecular weight is 278 g/mol. The normalized spacial score (nSPS) is 24.2. The molecule has 0 amide bonds. The van der Waals surface area contributed by atoms with Crippen LogP contribution >= 0.6 is 12.2 Å². The minimum Gasteiger partial charge on any atom is -0.389 e. The molecule has 2 atom stereocenters. The maximum atomic E-state index is 5.82. The van der Waals surface area contributed by atoms with Gasteiger partial charge in [0.05, 0.1) is 5.56 Å². The predicted octanol–water partition coefficient (Wildman–Crippen LogP) is 1.78. The Morgan fingerprint density at radius 1 is 1.58 bits per heavy atom. The fourth-order valence-electron chi connectivity index (χ4n) is 2.72. The number of anilines is 1. The van der Waals surface area contributed by atoms with Crippen molar-refractivity contribution in [2.24, 2.45) is 11.7 Å². The lowest BCUT2D eigenvalue weighted by molar-refractivity contribution is 0.206. The van der Waals surface area contributed by atoms with Crippen LogP contribution in [0, 0.1) is 12.8 Å². The Morgan fingerprint density at radius 2 is 2.32 bits per heavy atom. The third-order valence-electron chi connectivity index (χ3n) is 3.84. The summed E-state index contributed by atoms with van der Waals surface area (Å²) in [6, 6.07) is 2.37. The first kappa shape index (κ1) is 14.2. The number of hydrogen-bond donors (Lipinski definition) is 2. The van der Waals surface area contributed by atoms with Crippen molar-refractivity contribution in [1.82, 2.24) is 9.88 Å². The molecule has 2 heterocycles. The SMILES string of the molecule is Cc1ccnc(NC2CCN(C)CC2C)c1C(N)=S. The Labute approximate surface area is 120 Å². The van der Waals surface area contributed by atoms with Crippen LogP contribution < -0.4 is 11.1 Å². The van der Waals surface area contributed by atoms with Crippen LogP contribution in [0.25, 0.3) is 0 Å². The minimum absolute atomic E-state index is 0.411. The molecule has 1 aromatic rings. The number of nitrogens with zero attached hydrogens (tertiary/aromatic N) is 2. The maximum Gasteiger partial charge on any atom is 0.136 e. The Bertz CT molecular complexity index is 475. The van der Waals surface area contributed by atoms with Crippen LogP contribution in [0.1, 0.15) is 24.5 Å². The zero-order valence-corrected chi connectivity index (χ0v) is 12.6. The van der Waals surface area contributed by atoms with E-state index in [1.807, 2.05) is 13.0 Å². The van der Waals surface area contributed by atoms with Crippen molar-refractivity contribution in [1.29, 1.82) is 0 Å². The van der Waals surface area contributed by atoms with Crippen molar-refractivity contribution in [3.63, 3.8) is 0 Å². The van der Waals surface area contributed by atoms with Crippen LogP contribution in [0.3, 0.4) is 0 Å². The van der Waals surface area contributed by atoms with Gasteiger partial charge in [0, 0.05) is 18.8 Å². The lowest BCUT2D eigenvalue weighted by atomic mass is 9.94. The van der Waals surface area contributed by atoms with E-state index in [4.69, 9.17) is 18.0 Å². The van der Waals surface area contributed by atoms with Gasteiger partial charge in [0.25, 0.3) is 0 Å². The molecule has 1 saturated heterocycles. The number of pyridine rings is 1. The van der Waals surface area contributed by atoms with Gasteiger partial charge in [-0.25, -0.2) is 4.98 Å². The molecule has 0 radical (unpaired) electrons. The summed E-state index contributed by atoms with van der Waals surface area (Å²) in [5, 5.41) is 3.54. The molecule has 1 aromatic heterocycles. The quantitative estimate of drug-likeness (QED) is 0.825. The largest absolute Gasteiger partial charge is 0.389 e. The number of aromatic nitrogens is 1. The second kappa shape index (κ2) is 5.84. The van der Waals surface area contributed by atoms with E-state index in [9.17, 15) is 0 Å². The van der Waals surface area contributed by atoms with Crippen molar-refractivity contribution in [2.75, 3.05) is 25.5 Å². The number of aryl methyl sites for hydroxylation is 1. The number of thiocarbonyl (C=S) groups is 1. The maximum absolute atomic E-state index is 5.82. The third-order valence-corrected chi connectivity index (χ3v) is 4.04. The summed E-state index contributed by atoms with van der Waals surface area (Å²) in [7, 11) is 2.16. The molecule has 0 aliphatic carbocycles. The Balaban J connectivity index is 2.19. The smallest absolute Gasteiger partial charge is 0.136 e. The van der Waals surface area contributed by atoms with Crippen LogP contribution in [0.5, 0.6) is 0 Å². The molecular formula is C14H22N4S. The highest BCUT2D eigenvalue weighted by atomic mass is 32.1. The van der Waals surface area contributed by atoms with E-state index in [-0.39, 0.29) is 0 Å². The molecule has 104 valence electrons. The van der Waals surface area contributed by atoms with Crippen molar-refractivity contribution < 1.29 is 0 Å². The van der Waals surface area contributed by atoms with Crippen LogP contribution in [0.2, 0.25) is 0 Å². The molecule has 2 rings (SSSR count). The molecule has 1 aliphatic heterocycles. The summed E-state index contributed by atoms with van der Waals surface area (Å²) < 4.78 is 0. The van der Waals surface area contributed by atoms with Crippen LogP contribution in [0.4, 0.5) is 5.82 Å². The Hall–Kier alpha value is -1.20. The zero-order valence-electron chi connectivity index (χ0n) is 11.8. The molecule has 1 fully saturated rings. The first-order chi connectivity index (χ1) is 8.99. The summed E-state index contributed by atoms with van der Waals surface area (Å²) >= 11 is 5.14. The molecule has 5 heteroatoms. The van der Waals surface area contributed by atoms with Gasteiger partial charge in [-0.3, -0.25) is 0 Å². The standard InChI is InChI=1S/C14H22N4S/c1-9-4-6-16-14(12(9)13(15)19)17-11-5-7-18(3)8-10(11)2/h4,6,10-11H,5,7-8H2,1-3H3,(H2,15,19)(H,16,17). The number of rotatable bonds is 3. The highest BCUT2D eigenvalue weighted by Crippen LogP contribution is 2.23. The summed E-state index contributed by atoms with van der Waals surface area (Å²) in [6.45, 7) is 6.49. The van der Waals surface area contributed by atoms with Crippen LogP contribution in [-0.4, -0.2) is 41.1 Å². The molecule has 0 spiro atoms. The molecule has 0 bridgehead atoms. The molecule has 4 nitrogen and oxygen atoms in total. The van der Waals surface area contributed by atoms with Crippen molar-refractivity contribution in [3.8, 4) is 0 Å². The number of piperidine rings is 1. The predicted molar refractivity (Wildman–Crippen MR) is 83.6 cm³/mol. The summed E-state index contributed by atoms with van der Waals surface area (Å²) in [6.07, 6.45) is 2.92. The summed E-state index contributed by atoms with van der Waals surface area (Å²) in [5.74, 6) is 1.41. The van der Waals surface area contributed by atoms with Gasteiger partial charge in [0.1, 0.15) is 10.8 Å². The van der Waals surface area contributed by atoms with Gasteiger partial charge in [-0.05, 0) is 44.5 Å². The highest BCUT2D eigenvalue weighted by molar-refractivity contribution is 7.80. The topological polar surface area (TPSA) is 54.2 Å². The van der Waals surface area contributed by atoms with Gasteiger partial charge in [0.15, 0.2) is 0 Å².